The van der Waals surface area contributed by atoms with Gasteiger partial charge in [-0.1, -0.05) is 78.7 Å². The van der Waals surface area contributed by atoms with Crippen LogP contribution in [0.5, 0.6) is 0 Å². The number of hydrogen-bond acceptors (Lipinski definition) is 3. The highest BCUT2D eigenvalue weighted by atomic mass is 16.5. The lowest BCUT2D eigenvalue weighted by Crippen LogP contribution is -2.29. The molecule has 3 aromatic rings. The average molecular weight is 379 g/mol. The highest BCUT2D eigenvalue weighted by Crippen LogP contribution is 2.41. The fraction of sp³-hybridized carbons (Fsp3) is 0.115. The fourth-order valence-electron chi connectivity index (χ4n) is 3.53. The van der Waals surface area contributed by atoms with Crippen molar-refractivity contribution in [3.05, 3.63) is 102 Å². The number of rotatable bonds is 3. The molecule has 0 aliphatic carbocycles. The number of esters is 1. The second-order valence-electron chi connectivity index (χ2n) is 6.62. The van der Waals surface area contributed by atoms with Crippen molar-refractivity contribution in [2.75, 3.05) is 11.5 Å². The van der Waals surface area contributed by atoms with Crippen molar-refractivity contribution in [3.8, 4) is 11.8 Å². The largest absolute Gasteiger partial charge is 0.456 e. The van der Waals surface area contributed by atoms with Gasteiger partial charge in [0.1, 0.15) is 6.04 Å². The third-order valence-corrected chi connectivity index (χ3v) is 4.79. The summed E-state index contributed by atoms with van der Waals surface area (Å²) in [6.45, 7) is 2.09. The lowest BCUT2D eigenvalue weighted by molar-refractivity contribution is -0.136. The maximum absolute atomic E-state index is 12.0. The summed E-state index contributed by atoms with van der Waals surface area (Å²) in [5.41, 5.74) is 5.31. The molecular formula is C26H21NO2. The molecule has 0 amide bonds. The van der Waals surface area contributed by atoms with Gasteiger partial charge in [-0.3, -0.25) is 0 Å². The quantitative estimate of drug-likeness (QED) is 0.351. The fourth-order valence-corrected chi connectivity index (χ4v) is 3.53. The van der Waals surface area contributed by atoms with Crippen LogP contribution in [0.4, 0.5) is 5.69 Å². The molecule has 0 radical (unpaired) electrons. The van der Waals surface area contributed by atoms with Gasteiger partial charge in [0.2, 0.25) is 0 Å². The molecule has 1 heterocycles. The topological polar surface area (TPSA) is 29.5 Å². The number of carbonyl (C=O) groups is 1. The lowest BCUT2D eigenvalue weighted by Gasteiger charge is -2.37. The van der Waals surface area contributed by atoms with Gasteiger partial charge in [0.25, 0.3) is 0 Å². The van der Waals surface area contributed by atoms with Gasteiger partial charge in [-0.2, -0.15) is 0 Å². The van der Waals surface area contributed by atoms with Crippen molar-refractivity contribution in [2.24, 2.45) is 0 Å². The molecule has 0 aromatic heterocycles. The molecule has 0 saturated heterocycles. The van der Waals surface area contributed by atoms with E-state index in [1.165, 1.54) is 0 Å². The molecule has 1 atom stereocenters. The van der Waals surface area contributed by atoms with E-state index >= 15 is 0 Å². The van der Waals surface area contributed by atoms with Gasteiger partial charge in [0.05, 0.1) is 12.3 Å². The molecule has 1 aliphatic heterocycles. The van der Waals surface area contributed by atoms with Crippen molar-refractivity contribution in [3.63, 3.8) is 0 Å². The molecule has 3 nitrogen and oxygen atoms in total. The first-order valence-corrected chi connectivity index (χ1v) is 9.66. The average Bonchev–Trinajstić information content (AvgIpc) is 2.78. The van der Waals surface area contributed by atoms with E-state index in [0.717, 1.165) is 28.1 Å². The van der Waals surface area contributed by atoms with Crippen LogP contribution in [-0.4, -0.2) is 12.6 Å². The van der Waals surface area contributed by atoms with E-state index in [1.807, 2.05) is 48.5 Å². The third-order valence-electron chi connectivity index (χ3n) is 4.79. The van der Waals surface area contributed by atoms with E-state index in [1.54, 1.807) is 6.92 Å². The molecule has 29 heavy (non-hydrogen) atoms. The van der Waals surface area contributed by atoms with Gasteiger partial charge in [-0.05, 0) is 41.8 Å². The summed E-state index contributed by atoms with van der Waals surface area (Å²) in [6.07, 6.45) is 2.18. The highest BCUT2D eigenvalue weighted by molar-refractivity contribution is 5.95. The summed E-state index contributed by atoms with van der Waals surface area (Å²) in [7, 11) is 0. The summed E-state index contributed by atoms with van der Waals surface area (Å²) in [5, 5.41) is 0. The first kappa shape index (κ1) is 18.6. The molecule has 1 aliphatic rings. The summed E-state index contributed by atoms with van der Waals surface area (Å²) in [5.74, 6) is 5.35. The SMILES string of the molecule is CCOC(=O)C#CC1c2ccccc2C=C(c2ccccc2)N1c1ccccc1. The van der Waals surface area contributed by atoms with Crippen molar-refractivity contribution in [2.45, 2.75) is 13.0 Å². The van der Waals surface area contributed by atoms with Gasteiger partial charge in [-0.15, -0.1) is 0 Å². The zero-order valence-corrected chi connectivity index (χ0v) is 16.2. The van der Waals surface area contributed by atoms with Crippen molar-refractivity contribution >= 4 is 23.4 Å². The molecule has 0 spiro atoms. The molecule has 0 N–H and O–H groups in total. The standard InChI is InChI=1S/C26H21NO2/c1-2-29-26(28)18-17-24-23-16-10-9-13-21(23)19-25(20-11-5-3-6-12-20)27(24)22-14-7-4-8-15-22/h3-16,19,24H,2H2,1H3. The number of fused-ring (bicyclic) bond motifs is 1. The van der Waals surface area contributed by atoms with Crippen LogP contribution in [0.3, 0.4) is 0 Å². The van der Waals surface area contributed by atoms with Crippen LogP contribution in [0.25, 0.3) is 11.8 Å². The minimum absolute atomic E-state index is 0.307. The van der Waals surface area contributed by atoms with Crippen molar-refractivity contribution in [1.82, 2.24) is 0 Å². The van der Waals surface area contributed by atoms with E-state index in [4.69, 9.17) is 4.74 Å². The summed E-state index contributed by atoms with van der Waals surface area (Å²) < 4.78 is 5.03. The number of hydrogen-bond donors (Lipinski definition) is 0. The first-order chi connectivity index (χ1) is 14.3. The molecule has 0 saturated carbocycles. The van der Waals surface area contributed by atoms with E-state index in [0.29, 0.717) is 6.61 Å². The van der Waals surface area contributed by atoms with Crippen LogP contribution in [0.2, 0.25) is 0 Å². The molecule has 3 heteroatoms. The molecule has 0 bridgehead atoms. The second kappa shape index (κ2) is 8.50. The van der Waals surface area contributed by atoms with Gasteiger partial charge in [-0.25, -0.2) is 4.79 Å². The molecule has 0 fully saturated rings. The number of nitrogens with zero attached hydrogens (tertiary/aromatic N) is 1. The van der Waals surface area contributed by atoms with Crippen LogP contribution < -0.4 is 4.90 Å². The van der Waals surface area contributed by atoms with Crippen molar-refractivity contribution in [1.29, 1.82) is 0 Å². The summed E-state index contributed by atoms with van der Waals surface area (Å²) in [4.78, 5) is 14.1. The first-order valence-electron chi connectivity index (χ1n) is 9.66. The Hall–Kier alpha value is -3.77. The Morgan fingerprint density at radius 2 is 1.59 bits per heavy atom. The number of carbonyl (C=O) groups excluding carboxylic acids is 1. The Balaban J connectivity index is 1.91. The minimum atomic E-state index is -0.506. The third kappa shape index (κ3) is 3.93. The Morgan fingerprint density at radius 3 is 2.31 bits per heavy atom. The van der Waals surface area contributed by atoms with E-state index in [-0.39, 0.29) is 6.04 Å². The van der Waals surface area contributed by atoms with Crippen molar-refractivity contribution < 1.29 is 9.53 Å². The summed E-state index contributed by atoms with van der Waals surface area (Å²) in [6, 6.07) is 28.2. The Labute approximate surface area is 171 Å². The highest BCUT2D eigenvalue weighted by Gasteiger charge is 2.29. The predicted octanol–water partition coefficient (Wildman–Crippen LogP) is 5.31. The maximum atomic E-state index is 12.0. The van der Waals surface area contributed by atoms with E-state index in [2.05, 4.69) is 59.2 Å². The van der Waals surface area contributed by atoms with Gasteiger partial charge in [0.15, 0.2) is 0 Å². The maximum Gasteiger partial charge on any atom is 0.384 e. The van der Waals surface area contributed by atoms with Crippen LogP contribution in [0.1, 0.15) is 29.7 Å². The minimum Gasteiger partial charge on any atom is -0.456 e. The number of benzene rings is 3. The number of para-hydroxylation sites is 1. The van der Waals surface area contributed by atoms with Gasteiger partial charge < -0.3 is 9.64 Å². The number of ether oxygens (including phenoxy) is 1. The van der Waals surface area contributed by atoms with E-state index in [9.17, 15) is 4.79 Å². The molecule has 1 unspecified atom stereocenters. The molecule has 4 rings (SSSR count). The Kier molecular flexibility index (Phi) is 5.45. The monoisotopic (exact) mass is 379 g/mol. The van der Waals surface area contributed by atoms with Gasteiger partial charge in [0, 0.05) is 11.6 Å². The molecular weight excluding hydrogens is 358 g/mol. The van der Waals surface area contributed by atoms with E-state index < -0.39 is 5.97 Å². The predicted molar refractivity (Wildman–Crippen MR) is 117 cm³/mol. The molecule has 3 aromatic carbocycles. The van der Waals surface area contributed by atoms with Crippen LogP contribution in [0.15, 0.2) is 84.9 Å². The zero-order valence-electron chi connectivity index (χ0n) is 16.2. The van der Waals surface area contributed by atoms with Gasteiger partial charge >= 0.3 is 5.97 Å². The lowest BCUT2D eigenvalue weighted by atomic mass is 9.91. The van der Waals surface area contributed by atoms with Crippen LogP contribution in [-0.2, 0) is 9.53 Å². The van der Waals surface area contributed by atoms with Crippen LogP contribution in [0, 0.1) is 11.8 Å². The smallest absolute Gasteiger partial charge is 0.384 e. The number of anilines is 1. The second-order valence-corrected chi connectivity index (χ2v) is 6.62. The van der Waals surface area contributed by atoms with Crippen LogP contribution >= 0.6 is 0 Å². The normalized spacial score (nSPS) is 14.9. The molecule has 142 valence electrons. The Bertz CT molecular complexity index is 1090. The Morgan fingerprint density at radius 1 is 0.931 bits per heavy atom. The summed E-state index contributed by atoms with van der Waals surface area (Å²) >= 11 is 0. The zero-order chi connectivity index (χ0) is 20.1.